The molecule has 0 unspecified atom stereocenters. The first-order chi connectivity index (χ1) is 20.0. The molecule has 1 saturated carbocycles. The molecule has 7 rings (SSSR count). The van der Waals surface area contributed by atoms with E-state index in [9.17, 15) is 18.0 Å². The van der Waals surface area contributed by atoms with Crippen molar-refractivity contribution >= 4 is 23.3 Å². The first-order valence-corrected chi connectivity index (χ1v) is 14.1. The highest BCUT2D eigenvalue weighted by Gasteiger charge is 2.47. The number of carbonyl (C=O) groups is 1. The number of likely N-dealkylation sites (tertiary alicyclic amines) is 1. The van der Waals surface area contributed by atoms with Gasteiger partial charge in [0.15, 0.2) is 5.82 Å². The lowest BCUT2D eigenvalue weighted by atomic mass is 9.98. The van der Waals surface area contributed by atoms with Crippen LogP contribution in [0.25, 0.3) is 22.5 Å². The van der Waals surface area contributed by atoms with E-state index in [1.807, 2.05) is 20.0 Å². The zero-order valence-corrected chi connectivity index (χ0v) is 23.8. The normalized spacial score (nSPS) is 17.9. The van der Waals surface area contributed by atoms with Gasteiger partial charge in [0.05, 0.1) is 12.1 Å². The maximum Gasteiger partial charge on any atom is 0.416 e. The van der Waals surface area contributed by atoms with E-state index >= 15 is 0 Å². The molecule has 3 aromatic heterocycles. The Morgan fingerprint density at radius 3 is 2.55 bits per heavy atom. The highest BCUT2D eigenvalue weighted by Crippen LogP contribution is 2.53. The molecule has 5 heterocycles. The Balaban J connectivity index is 1.26. The summed E-state index contributed by atoms with van der Waals surface area (Å²) in [4.78, 5) is 25.9. The number of rotatable bonds is 5. The molecule has 0 atom stereocenters. The second-order valence-corrected chi connectivity index (χ2v) is 12.1. The van der Waals surface area contributed by atoms with Crippen molar-refractivity contribution in [1.29, 1.82) is 0 Å². The van der Waals surface area contributed by atoms with Gasteiger partial charge in [0.25, 0.3) is 5.91 Å². The molecule has 1 aliphatic carbocycles. The van der Waals surface area contributed by atoms with Crippen LogP contribution in [0.1, 0.15) is 52.0 Å². The maximum atomic E-state index is 14.3. The number of aryl methyl sites for hydroxylation is 2. The van der Waals surface area contributed by atoms with E-state index in [4.69, 9.17) is 11.6 Å². The van der Waals surface area contributed by atoms with Crippen molar-refractivity contribution in [3.05, 3.63) is 76.0 Å². The van der Waals surface area contributed by atoms with Crippen LogP contribution in [0.15, 0.2) is 42.9 Å². The fourth-order valence-electron chi connectivity index (χ4n) is 6.28. The smallest absolute Gasteiger partial charge is 0.317 e. The predicted molar refractivity (Wildman–Crippen MR) is 151 cm³/mol. The Morgan fingerprint density at radius 2 is 1.86 bits per heavy atom. The molecule has 2 fully saturated rings. The summed E-state index contributed by atoms with van der Waals surface area (Å²) >= 11 is 6.44. The molecular weight excluding hydrogens is 567 g/mol. The van der Waals surface area contributed by atoms with Crippen LogP contribution in [0.5, 0.6) is 0 Å². The van der Waals surface area contributed by atoms with Crippen molar-refractivity contribution < 1.29 is 18.0 Å². The molecule has 1 aromatic carbocycles. The van der Waals surface area contributed by atoms with Crippen LogP contribution in [0.2, 0.25) is 5.15 Å². The average molecular weight is 594 g/mol. The molecule has 2 aliphatic heterocycles. The molecule has 8 nitrogen and oxygen atoms in total. The lowest BCUT2D eigenvalue weighted by Crippen LogP contribution is -2.24. The molecular formula is C30H27ClF3N7O. The lowest BCUT2D eigenvalue weighted by Gasteiger charge is -2.18. The van der Waals surface area contributed by atoms with Gasteiger partial charge in [0.1, 0.15) is 17.3 Å². The van der Waals surface area contributed by atoms with E-state index < -0.39 is 17.6 Å². The van der Waals surface area contributed by atoms with Crippen molar-refractivity contribution in [1.82, 2.24) is 29.6 Å². The molecule has 0 bridgehead atoms. The lowest BCUT2D eigenvalue weighted by molar-refractivity contribution is -0.138. The molecule has 216 valence electrons. The van der Waals surface area contributed by atoms with Gasteiger partial charge in [-0.2, -0.15) is 13.2 Å². The fourth-order valence-corrected chi connectivity index (χ4v) is 6.49. The maximum absolute atomic E-state index is 14.3. The van der Waals surface area contributed by atoms with Crippen molar-refractivity contribution in [2.75, 3.05) is 18.0 Å². The second-order valence-electron chi connectivity index (χ2n) is 11.7. The molecule has 1 amide bonds. The number of carbonyl (C=O) groups excluding carboxylic acids is 1. The molecule has 0 N–H and O–H groups in total. The number of pyridine rings is 2. The summed E-state index contributed by atoms with van der Waals surface area (Å²) in [6.07, 6.45) is 2.09. The number of aromatic nitrogens is 5. The quantitative estimate of drug-likeness (QED) is 0.262. The number of hydrogen-bond acceptors (Lipinski definition) is 6. The van der Waals surface area contributed by atoms with Gasteiger partial charge >= 0.3 is 6.18 Å². The monoisotopic (exact) mass is 593 g/mol. The van der Waals surface area contributed by atoms with Gasteiger partial charge in [-0.05, 0) is 85.2 Å². The predicted octanol–water partition coefficient (Wildman–Crippen LogP) is 6.07. The zero-order valence-electron chi connectivity index (χ0n) is 23.0. The van der Waals surface area contributed by atoms with Gasteiger partial charge in [-0.3, -0.25) is 19.6 Å². The van der Waals surface area contributed by atoms with Gasteiger partial charge in [0.2, 0.25) is 0 Å². The summed E-state index contributed by atoms with van der Waals surface area (Å²) in [6, 6.07) is 7.97. The summed E-state index contributed by atoms with van der Waals surface area (Å²) in [7, 11) is 1.82. The van der Waals surface area contributed by atoms with E-state index in [1.165, 1.54) is 23.8 Å². The third-order valence-electron chi connectivity index (χ3n) is 8.65. The van der Waals surface area contributed by atoms with E-state index in [-0.39, 0.29) is 28.6 Å². The van der Waals surface area contributed by atoms with Crippen LogP contribution < -0.4 is 4.90 Å². The SMILES string of the molecule is Cc1cc(-c2nncn2C)c(-c2cc(Cl)nc(N3Cc4c(cc(CN5CCC6(CC6)C5)cc4C(F)(F)F)C3=O)c2)cn1. The summed E-state index contributed by atoms with van der Waals surface area (Å²) in [5.41, 5.74) is 2.85. The Kier molecular flexibility index (Phi) is 6.18. The van der Waals surface area contributed by atoms with Gasteiger partial charge < -0.3 is 4.57 Å². The third-order valence-corrected chi connectivity index (χ3v) is 8.84. The summed E-state index contributed by atoms with van der Waals surface area (Å²) < 4.78 is 44.7. The molecule has 1 spiro atoms. The summed E-state index contributed by atoms with van der Waals surface area (Å²) in [5.74, 6) is 0.226. The van der Waals surface area contributed by atoms with Crippen LogP contribution in [-0.4, -0.2) is 48.6 Å². The minimum atomic E-state index is -4.61. The topological polar surface area (TPSA) is 80.0 Å². The van der Waals surface area contributed by atoms with Crippen LogP contribution in [0, 0.1) is 12.3 Å². The van der Waals surface area contributed by atoms with Gasteiger partial charge in [-0.15, -0.1) is 10.2 Å². The second kappa shape index (κ2) is 9.60. The molecule has 0 radical (unpaired) electrons. The van der Waals surface area contributed by atoms with E-state index in [1.54, 1.807) is 35.3 Å². The minimum absolute atomic E-state index is 0.0450. The number of nitrogens with zero attached hydrogens (tertiary/aromatic N) is 7. The summed E-state index contributed by atoms with van der Waals surface area (Å²) in [5, 5.41) is 8.30. The zero-order chi connectivity index (χ0) is 29.4. The van der Waals surface area contributed by atoms with Crippen LogP contribution >= 0.6 is 11.6 Å². The molecule has 1 saturated heterocycles. The number of benzene rings is 1. The van der Waals surface area contributed by atoms with E-state index in [2.05, 4.69) is 25.1 Å². The van der Waals surface area contributed by atoms with E-state index in [0.29, 0.717) is 34.5 Å². The number of amides is 1. The van der Waals surface area contributed by atoms with Crippen molar-refractivity contribution in [2.45, 2.75) is 45.5 Å². The highest BCUT2D eigenvalue weighted by molar-refractivity contribution is 6.30. The van der Waals surface area contributed by atoms with E-state index in [0.717, 1.165) is 30.8 Å². The number of anilines is 1. The summed E-state index contributed by atoms with van der Waals surface area (Å²) in [6.45, 7) is 3.74. The average Bonchev–Trinajstić information content (AvgIpc) is 3.20. The van der Waals surface area contributed by atoms with Crippen molar-refractivity contribution in [2.24, 2.45) is 12.5 Å². The Labute approximate surface area is 245 Å². The molecule has 3 aliphatic rings. The third kappa shape index (κ3) is 4.74. The highest BCUT2D eigenvalue weighted by atomic mass is 35.5. The fraction of sp³-hybridized carbons (Fsp3) is 0.367. The standard InChI is InChI=1S/C30H27ClF3N7O/c1-17-7-20(27-38-36-16-39(27)2)22(12-35-17)19-10-25(31)37-26(11-19)41-14-23-21(28(41)42)8-18(9-24(23)30(32,33)34)13-40-6-5-29(15-40)3-4-29/h7-12,16H,3-6,13-15H2,1-2H3. The Bertz CT molecular complexity index is 1750. The number of alkyl halides is 3. The van der Waals surface area contributed by atoms with Gasteiger partial charge in [-0.1, -0.05) is 11.6 Å². The number of hydrogen-bond donors (Lipinski definition) is 0. The van der Waals surface area contributed by atoms with Crippen molar-refractivity contribution in [3.8, 4) is 22.5 Å². The number of halogens is 4. The first kappa shape index (κ1) is 27.0. The Hall–Kier alpha value is -3.83. The van der Waals surface area contributed by atoms with Gasteiger partial charge in [0, 0.05) is 48.7 Å². The molecule has 4 aromatic rings. The molecule has 42 heavy (non-hydrogen) atoms. The molecule has 12 heteroatoms. The van der Waals surface area contributed by atoms with Gasteiger partial charge in [-0.25, -0.2) is 4.98 Å². The Morgan fingerprint density at radius 1 is 1.05 bits per heavy atom. The minimum Gasteiger partial charge on any atom is -0.317 e. The largest absolute Gasteiger partial charge is 0.416 e. The van der Waals surface area contributed by atoms with Crippen LogP contribution in [-0.2, 0) is 26.3 Å². The number of fused-ring (bicyclic) bond motifs is 1. The van der Waals surface area contributed by atoms with Crippen molar-refractivity contribution in [3.63, 3.8) is 0 Å². The van der Waals surface area contributed by atoms with Crippen LogP contribution in [0.4, 0.5) is 19.0 Å². The van der Waals surface area contributed by atoms with Crippen LogP contribution in [0.3, 0.4) is 0 Å². The first-order valence-electron chi connectivity index (χ1n) is 13.8.